The minimum atomic E-state index is -4.57. The lowest BCUT2D eigenvalue weighted by Gasteiger charge is -2.18. The van der Waals surface area contributed by atoms with E-state index < -0.39 is 23.4 Å². The van der Waals surface area contributed by atoms with E-state index in [4.69, 9.17) is 5.73 Å². The maximum Gasteiger partial charge on any atom is 0.433 e. The van der Waals surface area contributed by atoms with Gasteiger partial charge in [0.1, 0.15) is 5.69 Å². The van der Waals surface area contributed by atoms with Crippen LogP contribution in [0.2, 0.25) is 0 Å². The second kappa shape index (κ2) is 7.75. The number of hydrogen-bond donors (Lipinski definition) is 3. The van der Waals surface area contributed by atoms with Gasteiger partial charge in [-0.2, -0.15) is 18.3 Å². The Morgan fingerprint density at radius 1 is 1.27 bits per heavy atom. The maximum atomic E-state index is 12.9. The molecule has 11 heteroatoms. The summed E-state index contributed by atoms with van der Waals surface area (Å²) >= 11 is 0. The molecule has 1 amide bonds. The van der Waals surface area contributed by atoms with Gasteiger partial charge in [-0.25, -0.2) is 9.97 Å². The van der Waals surface area contributed by atoms with Crippen LogP contribution in [0.5, 0.6) is 0 Å². The summed E-state index contributed by atoms with van der Waals surface area (Å²) < 4.78 is 39.9. The van der Waals surface area contributed by atoms with Gasteiger partial charge in [-0.3, -0.25) is 9.48 Å². The highest BCUT2D eigenvalue weighted by atomic mass is 19.4. The van der Waals surface area contributed by atoms with Gasteiger partial charge in [0.2, 0.25) is 5.95 Å². The van der Waals surface area contributed by atoms with Gasteiger partial charge in [0, 0.05) is 23.6 Å². The molecule has 0 saturated heterocycles. The molecule has 2 heterocycles. The largest absolute Gasteiger partial charge is 0.433 e. The SMILES string of the molecule is Cc1cc(Nc2nccc(C(F)(F)F)n2)cc(-c2cnn(CC(C)(O)C(N)=O)c2)c1. The number of benzene rings is 1. The Balaban J connectivity index is 1.86. The number of aryl methyl sites for hydroxylation is 1. The van der Waals surface area contributed by atoms with E-state index in [1.807, 2.05) is 13.0 Å². The molecule has 30 heavy (non-hydrogen) atoms. The third-order valence-electron chi connectivity index (χ3n) is 4.25. The Morgan fingerprint density at radius 3 is 2.67 bits per heavy atom. The van der Waals surface area contributed by atoms with Crippen molar-refractivity contribution >= 4 is 17.5 Å². The second-order valence-corrected chi connectivity index (χ2v) is 7.04. The Bertz CT molecular complexity index is 1080. The van der Waals surface area contributed by atoms with Crippen LogP contribution in [0.25, 0.3) is 11.1 Å². The average Bonchev–Trinajstić information content (AvgIpc) is 3.08. The molecule has 8 nitrogen and oxygen atoms in total. The normalized spacial score (nSPS) is 13.7. The first kappa shape index (κ1) is 21.2. The summed E-state index contributed by atoms with van der Waals surface area (Å²) in [6, 6.07) is 6.08. The molecule has 0 spiro atoms. The number of nitrogens with one attached hydrogen (secondary N) is 1. The molecule has 0 aliphatic heterocycles. The zero-order valence-corrected chi connectivity index (χ0v) is 16.1. The number of aliphatic hydroxyl groups is 1. The van der Waals surface area contributed by atoms with E-state index in [1.54, 1.807) is 18.3 Å². The zero-order chi connectivity index (χ0) is 22.1. The topological polar surface area (TPSA) is 119 Å². The summed E-state index contributed by atoms with van der Waals surface area (Å²) in [5.41, 5.74) is 5.07. The lowest BCUT2D eigenvalue weighted by atomic mass is 10.1. The lowest BCUT2D eigenvalue weighted by molar-refractivity contribution is -0.141. The van der Waals surface area contributed by atoms with E-state index in [0.29, 0.717) is 11.3 Å². The predicted octanol–water partition coefficient (Wildman–Crippen LogP) is 2.65. The van der Waals surface area contributed by atoms with Gasteiger partial charge in [-0.05, 0) is 43.2 Å². The average molecular weight is 420 g/mol. The van der Waals surface area contributed by atoms with E-state index in [9.17, 15) is 23.1 Å². The van der Waals surface area contributed by atoms with Crippen molar-refractivity contribution < 1.29 is 23.1 Å². The summed E-state index contributed by atoms with van der Waals surface area (Å²) in [5, 5.41) is 16.9. The second-order valence-electron chi connectivity index (χ2n) is 7.04. The molecule has 1 aromatic carbocycles. The van der Waals surface area contributed by atoms with Gasteiger partial charge in [-0.15, -0.1) is 0 Å². The maximum absolute atomic E-state index is 12.9. The molecule has 2 aromatic heterocycles. The molecule has 4 N–H and O–H groups in total. The van der Waals surface area contributed by atoms with Crippen molar-refractivity contribution in [3.63, 3.8) is 0 Å². The van der Waals surface area contributed by atoms with Crippen molar-refractivity contribution in [2.75, 3.05) is 5.32 Å². The molecule has 0 bridgehead atoms. The van der Waals surface area contributed by atoms with Crippen LogP contribution in [0.3, 0.4) is 0 Å². The van der Waals surface area contributed by atoms with Crippen molar-refractivity contribution in [3.8, 4) is 11.1 Å². The number of nitrogens with two attached hydrogens (primary N) is 1. The minimum Gasteiger partial charge on any atom is -0.378 e. The Labute approximate surface area is 169 Å². The smallest absolute Gasteiger partial charge is 0.378 e. The summed E-state index contributed by atoms with van der Waals surface area (Å²) in [6.45, 7) is 2.99. The molecule has 0 aliphatic rings. The molecule has 0 fully saturated rings. The number of amides is 1. The Kier molecular flexibility index (Phi) is 5.49. The fourth-order valence-corrected chi connectivity index (χ4v) is 2.72. The van der Waals surface area contributed by atoms with Crippen LogP contribution in [-0.4, -0.2) is 36.4 Å². The Morgan fingerprint density at radius 2 is 2.00 bits per heavy atom. The van der Waals surface area contributed by atoms with Gasteiger partial charge in [-0.1, -0.05) is 6.07 Å². The third kappa shape index (κ3) is 4.92. The molecule has 0 radical (unpaired) electrons. The molecular formula is C19H19F3N6O2. The minimum absolute atomic E-state index is 0.128. The third-order valence-corrected chi connectivity index (χ3v) is 4.25. The van der Waals surface area contributed by atoms with E-state index in [2.05, 4.69) is 20.4 Å². The number of halogens is 3. The summed E-state index contributed by atoms with van der Waals surface area (Å²) in [6.07, 6.45) is -0.380. The molecular weight excluding hydrogens is 401 g/mol. The van der Waals surface area contributed by atoms with Gasteiger partial charge >= 0.3 is 6.18 Å². The number of aromatic nitrogens is 4. The van der Waals surface area contributed by atoms with Crippen LogP contribution in [0.15, 0.2) is 42.9 Å². The van der Waals surface area contributed by atoms with Gasteiger partial charge in [0.25, 0.3) is 5.91 Å². The molecule has 1 atom stereocenters. The van der Waals surface area contributed by atoms with Crippen molar-refractivity contribution in [2.24, 2.45) is 5.73 Å². The van der Waals surface area contributed by atoms with Crippen LogP contribution in [0, 0.1) is 6.92 Å². The number of carbonyl (C=O) groups excluding carboxylic acids is 1. The number of primary amides is 1. The van der Waals surface area contributed by atoms with E-state index in [-0.39, 0.29) is 12.5 Å². The zero-order valence-electron chi connectivity index (χ0n) is 16.1. The molecule has 158 valence electrons. The standard InChI is InChI=1S/C19H19F3N6O2/c1-11-5-12(13-8-25-28(9-13)10-18(2,30)16(23)29)7-14(6-11)26-17-24-4-3-15(27-17)19(20,21)22/h3-9,30H,10H2,1-2H3,(H2,23,29)(H,24,26,27). The van der Waals surface area contributed by atoms with Crippen LogP contribution in [-0.2, 0) is 17.5 Å². The van der Waals surface area contributed by atoms with E-state index in [0.717, 1.165) is 23.4 Å². The highest BCUT2D eigenvalue weighted by Gasteiger charge is 2.32. The molecule has 0 aliphatic carbocycles. The Hall–Kier alpha value is -3.47. The fourth-order valence-electron chi connectivity index (χ4n) is 2.72. The van der Waals surface area contributed by atoms with Gasteiger partial charge in [0.05, 0.1) is 12.7 Å². The highest BCUT2D eigenvalue weighted by molar-refractivity contribution is 5.82. The number of hydrogen-bond acceptors (Lipinski definition) is 6. The quantitative estimate of drug-likeness (QED) is 0.564. The van der Waals surface area contributed by atoms with Gasteiger partial charge in [0.15, 0.2) is 5.60 Å². The first-order valence-electron chi connectivity index (χ1n) is 8.78. The number of carbonyl (C=O) groups is 1. The lowest BCUT2D eigenvalue weighted by Crippen LogP contribution is -2.44. The predicted molar refractivity (Wildman–Crippen MR) is 103 cm³/mol. The van der Waals surface area contributed by atoms with Gasteiger partial charge < -0.3 is 16.2 Å². The van der Waals surface area contributed by atoms with E-state index in [1.165, 1.54) is 17.8 Å². The highest BCUT2D eigenvalue weighted by Crippen LogP contribution is 2.29. The molecule has 1 unspecified atom stereocenters. The van der Waals surface area contributed by atoms with Crippen molar-refractivity contribution in [1.82, 2.24) is 19.7 Å². The molecule has 0 saturated carbocycles. The van der Waals surface area contributed by atoms with Crippen molar-refractivity contribution in [1.29, 1.82) is 0 Å². The number of alkyl halides is 3. The van der Waals surface area contributed by atoms with Crippen LogP contribution in [0.4, 0.5) is 24.8 Å². The van der Waals surface area contributed by atoms with E-state index >= 15 is 0 Å². The summed E-state index contributed by atoms with van der Waals surface area (Å²) in [7, 11) is 0. The molecule has 3 aromatic rings. The van der Waals surface area contributed by atoms with Crippen LogP contribution < -0.4 is 11.1 Å². The number of rotatable bonds is 6. The number of nitrogens with zero attached hydrogens (tertiary/aromatic N) is 4. The summed E-state index contributed by atoms with van der Waals surface area (Å²) in [5.74, 6) is -1.06. The first-order chi connectivity index (χ1) is 13.9. The van der Waals surface area contributed by atoms with Crippen molar-refractivity contribution in [2.45, 2.75) is 32.2 Å². The number of anilines is 2. The van der Waals surface area contributed by atoms with Crippen molar-refractivity contribution in [3.05, 3.63) is 54.1 Å². The molecule has 3 rings (SSSR count). The monoisotopic (exact) mass is 420 g/mol. The fraction of sp³-hybridized carbons (Fsp3) is 0.263. The van der Waals surface area contributed by atoms with Crippen LogP contribution >= 0.6 is 0 Å². The van der Waals surface area contributed by atoms with Crippen LogP contribution in [0.1, 0.15) is 18.2 Å². The first-order valence-corrected chi connectivity index (χ1v) is 8.78. The summed E-state index contributed by atoms with van der Waals surface area (Å²) in [4.78, 5) is 18.6.